The van der Waals surface area contributed by atoms with Gasteiger partial charge in [0.25, 0.3) is 0 Å². The molecule has 18 heavy (non-hydrogen) atoms. The summed E-state index contributed by atoms with van der Waals surface area (Å²) in [6, 6.07) is 7.67. The van der Waals surface area contributed by atoms with Crippen LogP contribution in [0.15, 0.2) is 28.7 Å². The van der Waals surface area contributed by atoms with Gasteiger partial charge in [-0.2, -0.15) is 0 Å². The van der Waals surface area contributed by atoms with Crippen LogP contribution in [0.2, 0.25) is 0 Å². The van der Waals surface area contributed by atoms with Crippen molar-refractivity contribution in [3.05, 3.63) is 34.6 Å². The maximum Gasteiger partial charge on any atom is 0.372 e. The standard InChI is InChI=1S/C12H10BrN3O2/c13-8-3-1-2-7(6-8)9-10-14-4-5-16(10)11(15-9)12(17)18/h1-3,6,14H,4-5H2,(H,17,18). The predicted octanol–water partition coefficient (Wildman–Crippen LogP) is 2.44. The predicted molar refractivity (Wildman–Crippen MR) is 70.8 cm³/mol. The second-order valence-electron chi connectivity index (χ2n) is 4.03. The summed E-state index contributed by atoms with van der Waals surface area (Å²) >= 11 is 3.40. The molecule has 0 bridgehead atoms. The molecule has 0 saturated carbocycles. The van der Waals surface area contributed by atoms with E-state index >= 15 is 0 Å². The number of anilines is 1. The minimum atomic E-state index is -0.999. The molecule has 6 heteroatoms. The summed E-state index contributed by atoms with van der Waals surface area (Å²) in [6.07, 6.45) is 0. The van der Waals surface area contributed by atoms with E-state index in [1.807, 2.05) is 24.3 Å². The van der Waals surface area contributed by atoms with Crippen LogP contribution in [0.5, 0.6) is 0 Å². The van der Waals surface area contributed by atoms with Crippen molar-refractivity contribution in [2.45, 2.75) is 6.54 Å². The van der Waals surface area contributed by atoms with Crippen molar-refractivity contribution in [1.29, 1.82) is 0 Å². The molecule has 0 spiro atoms. The van der Waals surface area contributed by atoms with Gasteiger partial charge < -0.3 is 15.0 Å². The Labute approximate surface area is 112 Å². The monoisotopic (exact) mass is 307 g/mol. The molecule has 2 aromatic rings. The van der Waals surface area contributed by atoms with Gasteiger partial charge in [-0.25, -0.2) is 9.78 Å². The Kier molecular flexibility index (Phi) is 2.59. The van der Waals surface area contributed by atoms with E-state index in [1.165, 1.54) is 0 Å². The molecule has 0 atom stereocenters. The van der Waals surface area contributed by atoms with Gasteiger partial charge in [0.1, 0.15) is 11.5 Å². The SMILES string of the molecule is O=C(O)c1nc(-c2cccc(Br)c2)c2n1CCN2. The third-order valence-electron chi connectivity index (χ3n) is 2.88. The average Bonchev–Trinajstić information content (AvgIpc) is 2.88. The van der Waals surface area contributed by atoms with Crippen molar-refractivity contribution in [3.8, 4) is 11.3 Å². The van der Waals surface area contributed by atoms with Crippen molar-refractivity contribution < 1.29 is 9.90 Å². The third kappa shape index (κ3) is 1.69. The van der Waals surface area contributed by atoms with Crippen molar-refractivity contribution in [2.75, 3.05) is 11.9 Å². The summed E-state index contributed by atoms with van der Waals surface area (Å²) in [4.78, 5) is 15.4. The van der Waals surface area contributed by atoms with Crippen LogP contribution in [-0.4, -0.2) is 27.2 Å². The van der Waals surface area contributed by atoms with Crippen LogP contribution < -0.4 is 5.32 Å². The van der Waals surface area contributed by atoms with Crippen LogP contribution in [-0.2, 0) is 6.54 Å². The lowest BCUT2D eigenvalue weighted by Crippen LogP contribution is -2.08. The highest BCUT2D eigenvalue weighted by atomic mass is 79.9. The number of nitrogens with one attached hydrogen (secondary N) is 1. The Morgan fingerprint density at radius 2 is 2.33 bits per heavy atom. The molecule has 0 amide bonds. The number of fused-ring (bicyclic) bond motifs is 1. The first-order valence-electron chi connectivity index (χ1n) is 5.50. The highest BCUT2D eigenvalue weighted by Crippen LogP contribution is 2.32. The van der Waals surface area contributed by atoms with E-state index in [1.54, 1.807) is 4.57 Å². The Hall–Kier alpha value is -1.82. The summed E-state index contributed by atoms with van der Waals surface area (Å²) in [5, 5.41) is 12.3. The first-order valence-corrected chi connectivity index (χ1v) is 6.30. The second kappa shape index (κ2) is 4.13. The number of aromatic carboxylic acids is 1. The molecule has 5 nitrogen and oxygen atoms in total. The minimum absolute atomic E-state index is 0.0879. The Balaban J connectivity index is 2.19. The normalized spacial score (nSPS) is 13.2. The molecule has 0 radical (unpaired) electrons. The van der Waals surface area contributed by atoms with Crippen LogP contribution in [0, 0.1) is 0 Å². The molecule has 1 aromatic carbocycles. The number of carbonyl (C=O) groups is 1. The largest absolute Gasteiger partial charge is 0.475 e. The van der Waals surface area contributed by atoms with Crippen molar-refractivity contribution >= 4 is 27.7 Å². The Bertz CT molecular complexity index is 636. The van der Waals surface area contributed by atoms with Gasteiger partial charge in [-0.1, -0.05) is 28.1 Å². The fourth-order valence-electron chi connectivity index (χ4n) is 2.14. The molecular formula is C12H10BrN3O2. The van der Waals surface area contributed by atoms with Crippen LogP contribution in [0.3, 0.4) is 0 Å². The van der Waals surface area contributed by atoms with Gasteiger partial charge in [0.15, 0.2) is 0 Å². The maximum absolute atomic E-state index is 11.2. The molecule has 0 saturated heterocycles. The summed E-state index contributed by atoms with van der Waals surface area (Å²) in [6.45, 7) is 1.37. The first kappa shape index (κ1) is 11.3. The number of benzene rings is 1. The molecule has 1 aliphatic heterocycles. The molecule has 1 aromatic heterocycles. The summed E-state index contributed by atoms with van der Waals surface area (Å²) in [5.41, 5.74) is 1.58. The minimum Gasteiger partial charge on any atom is -0.475 e. The van der Waals surface area contributed by atoms with Gasteiger partial charge in [-0.15, -0.1) is 0 Å². The summed E-state index contributed by atoms with van der Waals surface area (Å²) in [7, 11) is 0. The number of halogens is 1. The number of carboxylic acid groups (broad SMARTS) is 1. The number of hydrogen-bond donors (Lipinski definition) is 2. The van der Waals surface area contributed by atoms with E-state index in [4.69, 9.17) is 5.11 Å². The van der Waals surface area contributed by atoms with Crippen molar-refractivity contribution in [2.24, 2.45) is 0 Å². The third-order valence-corrected chi connectivity index (χ3v) is 3.38. The quantitative estimate of drug-likeness (QED) is 0.894. The lowest BCUT2D eigenvalue weighted by atomic mass is 10.1. The number of rotatable bonds is 2. The van der Waals surface area contributed by atoms with Gasteiger partial charge in [-0.3, -0.25) is 0 Å². The van der Waals surface area contributed by atoms with E-state index in [0.717, 1.165) is 22.4 Å². The van der Waals surface area contributed by atoms with E-state index < -0.39 is 5.97 Å². The van der Waals surface area contributed by atoms with E-state index in [-0.39, 0.29) is 5.82 Å². The van der Waals surface area contributed by atoms with Crippen LogP contribution in [0.25, 0.3) is 11.3 Å². The lowest BCUT2D eigenvalue weighted by Gasteiger charge is -2.01. The van der Waals surface area contributed by atoms with Gasteiger partial charge in [0, 0.05) is 23.1 Å². The van der Waals surface area contributed by atoms with Crippen LogP contribution >= 0.6 is 15.9 Å². The zero-order chi connectivity index (χ0) is 12.7. The molecule has 1 aliphatic rings. The van der Waals surface area contributed by atoms with Crippen LogP contribution in [0.1, 0.15) is 10.6 Å². The van der Waals surface area contributed by atoms with Crippen molar-refractivity contribution in [3.63, 3.8) is 0 Å². The fraction of sp³-hybridized carbons (Fsp3) is 0.167. The summed E-state index contributed by atoms with van der Waals surface area (Å²) < 4.78 is 2.65. The number of nitrogens with zero attached hydrogens (tertiary/aromatic N) is 2. The number of carboxylic acids is 1. The molecule has 0 unspecified atom stereocenters. The van der Waals surface area contributed by atoms with Gasteiger partial charge >= 0.3 is 5.97 Å². The van der Waals surface area contributed by atoms with E-state index in [2.05, 4.69) is 26.2 Å². The topological polar surface area (TPSA) is 67.1 Å². The maximum atomic E-state index is 11.2. The van der Waals surface area contributed by atoms with Crippen molar-refractivity contribution in [1.82, 2.24) is 9.55 Å². The fourth-order valence-corrected chi connectivity index (χ4v) is 2.54. The smallest absolute Gasteiger partial charge is 0.372 e. The molecule has 3 rings (SSSR count). The van der Waals surface area contributed by atoms with Gasteiger partial charge in [-0.05, 0) is 12.1 Å². The molecular weight excluding hydrogens is 298 g/mol. The summed E-state index contributed by atoms with van der Waals surface area (Å²) in [5.74, 6) is -0.128. The highest BCUT2D eigenvalue weighted by molar-refractivity contribution is 9.10. The number of aromatic nitrogens is 2. The first-order chi connectivity index (χ1) is 8.66. The zero-order valence-corrected chi connectivity index (χ0v) is 10.9. The Morgan fingerprint density at radius 1 is 1.50 bits per heavy atom. The number of hydrogen-bond acceptors (Lipinski definition) is 3. The number of imidazole rings is 1. The molecule has 92 valence electrons. The van der Waals surface area contributed by atoms with Gasteiger partial charge in [0.2, 0.25) is 5.82 Å². The van der Waals surface area contributed by atoms with E-state index in [9.17, 15) is 4.79 Å². The van der Waals surface area contributed by atoms with Crippen LogP contribution in [0.4, 0.5) is 5.82 Å². The molecule has 0 fully saturated rings. The zero-order valence-electron chi connectivity index (χ0n) is 9.35. The highest BCUT2D eigenvalue weighted by Gasteiger charge is 2.25. The molecule has 0 aliphatic carbocycles. The average molecular weight is 308 g/mol. The molecule has 2 N–H and O–H groups in total. The van der Waals surface area contributed by atoms with E-state index in [0.29, 0.717) is 12.2 Å². The molecule has 2 heterocycles. The van der Waals surface area contributed by atoms with Gasteiger partial charge in [0.05, 0.1) is 0 Å². The Morgan fingerprint density at radius 3 is 3.06 bits per heavy atom. The lowest BCUT2D eigenvalue weighted by molar-refractivity contribution is 0.0679. The second-order valence-corrected chi connectivity index (χ2v) is 4.94.